The lowest BCUT2D eigenvalue weighted by atomic mass is 10.2. The standard InChI is InChI=1S/C12H14N2O4S/c1-3-18-12(15)8(2)13-11-9-6-4-5-7-10(9)19(16,17)14-11/h4-8H,3H2,1-2H3,(H,13,14)/t8-/m1/s1. The molecule has 0 radical (unpaired) electrons. The molecule has 0 aliphatic carbocycles. The summed E-state index contributed by atoms with van der Waals surface area (Å²) in [6.07, 6.45) is 0. The second-order valence-corrected chi connectivity index (χ2v) is 5.66. The van der Waals surface area contributed by atoms with Crippen LogP contribution in [0.25, 0.3) is 0 Å². The fourth-order valence-electron chi connectivity index (χ4n) is 1.74. The van der Waals surface area contributed by atoms with E-state index in [-0.39, 0.29) is 17.3 Å². The second-order valence-electron chi connectivity index (χ2n) is 4.01. The third-order valence-electron chi connectivity index (χ3n) is 2.61. The monoisotopic (exact) mass is 282 g/mol. The average Bonchev–Trinajstić information content (AvgIpc) is 2.62. The summed E-state index contributed by atoms with van der Waals surface area (Å²) >= 11 is 0. The molecule has 0 bridgehead atoms. The number of fused-ring (bicyclic) bond motifs is 1. The van der Waals surface area contributed by atoms with E-state index in [2.05, 4.69) is 9.71 Å². The zero-order valence-corrected chi connectivity index (χ0v) is 11.4. The Hall–Kier alpha value is -1.89. The van der Waals surface area contributed by atoms with Crippen molar-refractivity contribution >= 4 is 21.8 Å². The van der Waals surface area contributed by atoms with Gasteiger partial charge in [-0.3, -0.25) is 9.71 Å². The summed E-state index contributed by atoms with van der Waals surface area (Å²) in [7, 11) is -3.57. The van der Waals surface area contributed by atoms with Gasteiger partial charge in [-0.05, 0) is 26.0 Å². The maximum atomic E-state index is 11.8. The second kappa shape index (κ2) is 5.00. The molecular weight excluding hydrogens is 268 g/mol. The fraction of sp³-hybridized carbons (Fsp3) is 0.333. The van der Waals surface area contributed by atoms with Crippen LogP contribution in [0.15, 0.2) is 34.2 Å². The van der Waals surface area contributed by atoms with E-state index in [4.69, 9.17) is 4.74 Å². The van der Waals surface area contributed by atoms with Crippen LogP contribution in [0.1, 0.15) is 19.4 Å². The molecule has 1 aliphatic heterocycles. The van der Waals surface area contributed by atoms with Gasteiger partial charge in [0, 0.05) is 5.56 Å². The largest absolute Gasteiger partial charge is 0.464 e. The van der Waals surface area contributed by atoms with Crippen molar-refractivity contribution in [2.75, 3.05) is 6.61 Å². The molecule has 102 valence electrons. The zero-order chi connectivity index (χ0) is 14.0. The normalized spacial score (nSPS) is 19.6. The van der Waals surface area contributed by atoms with E-state index >= 15 is 0 Å². The number of amidine groups is 1. The van der Waals surface area contributed by atoms with Crippen molar-refractivity contribution in [1.29, 1.82) is 0 Å². The molecule has 1 aromatic rings. The first-order chi connectivity index (χ1) is 8.95. The van der Waals surface area contributed by atoms with Crippen LogP contribution < -0.4 is 4.72 Å². The molecular formula is C12H14N2O4S. The van der Waals surface area contributed by atoms with Gasteiger partial charge in [-0.2, -0.15) is 0 Å². The Labute approximate surface area is 111 Å². The van der Waals surface area contributed by atoms with Crippen LogP contribution in [0.4, 0.5) is 0 Å². The van der Waals surface area contributed by atoms with E-state index in [9.17, 15) is 13.2 Å². The van der Waals surface area contributed by atoms with Crippen LogP contribution in [0.5, 0.6) is 0 Å². The quantitative estimate of drug-likeness (QED) is 0.826. The zero-order valence-electron chi connectivity index (χ0n) is 10.6. The summed E-state index contributed by atoms with van der Waals surface area (Å²) in [5, 5.41) is 0. The minimum Gasteiger partial charge on any atom is -0.464 e. The van der Waals surface area contributed by atoms with Gasteiger partial charge in [0.1, 0.15) is 11.9 Å². The summed E-state index contributed by atoms with van der Waals surface area (Å²) in [6.45, 7) is 3.52. The summed E-state index contributed by atoms with van der Waals surface area (Å²) in [4.78, 5) is 15.8. The molecule has 0 aromatic heterocycles. The first kappa shape index (κ1) is 13.5. The smallest absolute Gasteiger partial charge is 0.330 e. The predicted molar refractivity (Wildman–Crippen MR) is 69.4 cm³/mol. The van der Waals surface area contributed by atoms with Gasteiger partial charge in [-0.15, -0.1) is 0 Å². The molecule has 7 heteroatoms. The molecule has 1 atom stereocenters. The number of carbonyl (C=O) groups excluding carboxylic acids is 1. The Balaban J connectivity index is 2.36. The van der Waals surface area contributed by atoms with Crippen molar-refractivity contribution in [2.45, 2.75) is 24.8 Å². The summed E-state index contributed by atoms with van der Waals surface area (Å²) in [5.74, 6) is -0.310. The van der Waals surface area contributed by atoms with Gasteiger partial charge < -0.3 is 4.74 Å². The molecule has 1 aliphatic rings. The Bertz CT molecular complexity index is 637. The number of esters is 1. The SMILES string of the molecule is CCOC(=O)[C@@H](C)N=C1NS(=O)(=O)c2ccccc21. The van der Waals surface area contributed by atoms with Crippen LogP contribution in [0.2, 0.25) is 0 Å². The molecule has 19 heavy (non-hydrogen) atoms. The number of hydrogen-bond acceptors (Lipinski definition) is 5. The maximum Gasteiger partial charge on any atom is 0.330 e. The Morgan fingerprint density at radius 1 is 1.42 bits per heavy atom. The molecule has 0 saturated heterocycles. The van der Waals surface area contributed by atoms with Gasteiger partial charge in [0.15, 0.2) is 0 Å². The van der Waals surface area contributed by atoms with Gasteiger partial charge in [0.05, 0.1) is 11.5 Å². The molecule has 6 nitrogen and oxygen atoms in total. The lowest BCUT2D eigenvalue weighted by Crippen LogP contribution is -2.26. The molecule has 1 aromatic carbocycles. The van der Waals surface area contributed by atoms with Crippen molar-refractivity contribution < 1.29 is 17.9 Å². The molecule has 0 amide bonds. The highest BCUT2D eigenvalue weighted by Gasteiger charge is 2.31. The Morgan fingerprint density at radius 3 is 2.79 bits per heavy atom. The predicted octanol–water partition coefficient (Wildman–Crippen LogP) is 0.677. The molecule has 1 heterocycles. The van der Waals surface area contributed by atoms with Crippen LogP contribution in [-0.2, 0) is 19.6 Å². The fourth-order valence-corrected chi connectivity index (χ4v) is 2.98. The van der Waals surface area contributed by atoms with E-state index in [1.807, 2.05) is 0 Å². The molecule has 0 unspecified atom stereocenters. The molecule has 0 saturated carbocycles. The molecule has 0 fully saturated rings. The molecule has 0 spiro atoms. The van der Waals surface area contributed by atoms with Crippen LogP contribution in [-0.4, -0.2) is 32.9 Å². The van der Waals surface area contributed by atoms with E-state index in [0.717, 1.165) is 0 Å². The van der Waals surface area contributed by atoms with Crippen molar-refractivity contribution in [1.82, 2.24) is 4.72 Å². The summed E-state index contributed by atoms with van der Waals surface area (Å²) in [5.41, 5.74) is 0.471. The Kier molecular flexibility index (Phi) is 3.57. The van der Waals surface area contributed by atoms with Crippen LogP contribution >= 0.6 is 0 Å². The van der Waals surface area contributed by atoms with E-state index in [1.165, 1.54) is 6.07 Å². The number of aliphatic imine (C=N–C) groups is 1. The first-order valence-electron chi connectivity index (χ1n) is 5.82. The Morgan fingerprint density at radius 2 is 2.11 bits per heavy atom. The van der Waals surface area contributed by atoms with E-state index in [0.29, 0.717) is 5.56 Å². The topological polar surface area (TPSA) is 84.8 Å². The van der Waals surface area contributed by atoms with Crippen molar-refractivity contribution in [3.8, 4) is 0 Å². The number of benzene rings is 1. The van der Waals surface area contributed by atoms with Gasteiger partial charge in [-0.25, -0.2) is 13.2 Å². The van der Waals surface area contributed by atoms with Crippen molar-refractivity contribution in [3.63, 3.8) is 0 Å². The third-order valence-corrected chi connectivity index (χ3v) is 4.01. The number of carbonyl (C=O) groups is 1. The maximum absolute atomic E-state index is 11.8. The number of sulfonamides is 1. The van der Waals surface area contributed by atoms with E-state index < -0.39 is 22.0 Å². The van der Waals surface area contributed by atoms with Gasteiger partial charge >= 0.3 is 5.97 Å². The van der Waals surface area contributed by atoms with Crippen molar-refractivity contribution in [2.24, 2.45) is 4.99 Å². The number of hydrogen-bond donors (Lipinski definition) is 1. The van der Waals surface area contributed by atoms with Crippen molar-refractivity contribution in [3.05, 3.63) is 29.8 Å². The molecule has 2 rings (SSSR count). The van der Waals surface area contributed by atoms with Gasteiger partial charge in [-0.1, -0.05) is 12.1 Å². The number of rotatable bonds is 3. The summed E-state index contributed by atoms with van der Waals surface area (Å²) < 4.78 is 30.8. The number of ether oxygens (including phenoxy) is 1. The third kappa shape index (κ3) is 2.60. The number of nitrogens with one attached hydrogen (secondary N) is 1. The number of nitrogens with zero attached hydrogens (tertiary/aromatic N) is 1. The minimum atomic E-state index is -3.57. The van der Waals surface area contributed by atoms with E-state index in [1.54, 1.807) is 32.0 Å². The highest BCUT2D eigenvalue weighted by atomic mass is 32.2. The lowest BCUT2D eigenvalue weighted by molar-refractivity contribution is -0.144. The highest BCUT2D eigenvalue weighted by Crippen LogP contribution is 2.22. The lowest BCUT2D eigenvalue weighted by Gasteiger charge is -2.07. The molecule has 1 N–H and O–H groups in total. The highest BCUT2D eigenvalue weighted by molar-refractivity contribution is 7.90. The minimum absolute atomic E-state index is 0.171. The average molecular weight is 282 g/mol. The summed E-state index contributed by atoms with van der Waals surface area (Å²) in [6, 6.07) is 5.73. The van der Waals surface area contributed by atoms with Gasteiger partial charge in [0.2, 0.25) is 0 Å². The van der Waals surface area contributed by atoms with Crippen LogP contribution in [0, 0.1) is 0 Å². The first-order valence-corrected chi connectivity index (χ1v) is 7.30. The van der Waals surface area contributed by atoms with Crippen LogP contribution in [0.3, 0.4) is 0 Å². The van der Waals surface area contributed by atoms with Gasteiger partial charge in [0.25, 0.3) is 10.0 Å².